The normalized spacial score (nSPS) is 18.9. The lowest BCUT2D eigenvalue weighted by molar-refractivity contribution is -0.112. The molecule has 1 heterocycles. The molecule has 1 aliphatic heterocycles. The van der Waals surface area contributed by atoms with E-state index in [0.29, 0.717) is 0 Å². The van der Waals surface area contributed by atoms with Crippen molar-refractivity contribution in [2.75, 3.05) is 14.2 Å². The second-order valence-corrected chi connectivity index (χ2v) is 4.77. The second-order valence-electron chi connectivity index (χ2n) is 3.90. The number of thioether (sulfide) groups is 1. The van der Waals surface area contributed by atoms with Crippen molar-refractivity contribution in [1.29, 1.82) is 0 Å². The molecule has 1 aliphatic rings. The van der Waals surface area contributed by atoms with Crippen LogP contribution in [0.25, 0.3) is 5.70 Å². The maximum Gasteiger partial charge on any atom is 0.215 e. The Morgan fingerprint density at radius 1 is 1.28 bits per heavy atom. The Labute approximate surface area is 110 Å². The number of hydrogen-bond acceptors (Lipinski definition) is 5. The average Bonchev–Trinajstić information content (AvgIpc) is 2.41. The Morgan fingerprint density at radius 3 is 2.67 bits per heavy atom. The third-order valence-electron chi connectivity index (χ3n) is 2.72. The van der Waals surface area contributed by atoms with Crippen LogP contribution in [0, 0.1) is 0 Å². The van der Waals surface area contributed by atoms with Gasteiger partial charge in [0.1, 0.15) is 11.5 Å². The van der Waals surface area contributed by atoms with Crippen LogP contribution in [0.1, 0.15) is 12.5 Å². The van der Waals surface area contributed by atoms with E-state index in [9.17, 15) is 4.79 Å². The molecule has 4 nitrogen and oxygen atoms in total. The quantitative estimate of drug-likeness (QED) is 0.908. The van der Waals surface area contributed by atoms with Crippen molar-refractivity contribution in [1.82, 2.24) is 5.32 Å². The number of nitrogens with one attached hydrogen (secondary N) is 1. The van der Waals surface area contributed by atoms with Crippen LogP contribution < -0.4 is 14.8 Å². The minimum atomic E-state index is -0.193. The van der Waals surface area contributed by atoms with Crippen LogP contribution in [-0.4, -0.2) is 25.4 Å². The van der Waals surface area contributed by atoms with E-state index in [4.69, 9.17) is 9.47 Å². The first-order chi connectivity index (χ1) is 8.65. The summed E-state index contributed by atoms with van der Waals surface area (Å²) in [5, 5.41) is 5.09. The first-order valence-corrected chi connectivity index (χ1v) is 6.43. The van der Waals surface area contributed by atoms with Gasteiger partial charge in [0.05, 0.1) is 26.0 Å². The average molecular weight is 265 g/mol. The Kier molecular flexibility index (Phi) is 3.81. The number of ether oxygens (including phenoxy) is 2. The highest BCUT2D eigenvalue weighted by atomic mass is 32.2. The van der Waals surface area contributed by atoms with E-state index in [1.54, 1.807) is 14.2 Å². The predicted molar refractivity (Wildman–Crippen MR) is 72.7 cm³/mol. The van der Waals surface area contributed by atoms with Crippen LogP contribution in [-0.2, 0) is 4.79 Å². The second kappa shape index (κ2) is 5.35. The molecule has 1 unspecified atom stereocenters. The molecule has 1 aromatic carbocycles. The number of rotatable bonds is 3. The van der Waals surface area contributed by atoms with Gasteiger partial charge in [-0.15, -0.1) is 0 Å². The summed E-state index contributed by atoms with van der Waals surface area (Å²) in [6.07, 6.45) is 0. The van der Waals surface area contributed by atoms with E-state index in [1.165, 1.54) is 11.8 Å². The highest BCUT2D eigenvalue weighted by molar-refractivity contribution is 8.16. The first kappa shape index (κ1) is 12.8. The van der Waals surface area contributed by atoms with Gasteiger partial charge >= 0.3 is 0 Å². The molecule has 5 heteroatoms. The van der Waals surface area contributed by atoms with Gasteiger partial charge in [-0.25, -0.2) is 0 Å². The molecule has 0 saturated heterocycles. The minimum Gasteiger partial charge on any atom is -0.497 e. The van der Waals surface area contributed by atoms with Gasteiger partial charge in [-0.2, -0.15) is 0 Å². The Hall–Kier alpha value is -1.62. The van der Waals surface area contributed by atoms with Crippen LogP contribution in [0.2, 0.25) is 0 Å². The van der Waals surface area contributed by atoms with Crippen molar-refractivity contribution in [3.8, 4) is 11.5 Å². The number of methoxy groups -OCH3 is 2. The van der Waals surface area contributed by atoms with Crippen LogP contribution in [0.5, 0.6) is 11.5 Å². The molecule has 1 aromatic rings. The zero-order valence-electron chi connectivity index (χ0n) is 10.5. The van der Waals surface area contributed by atoms with Gasteiger partial charge < -0.3 is 14.8 Å². The van der Waals surface area contributed by atoms with Crippen LogP contribution in [0.4, 0.5) is 0 Å². The number of benzene rings is 1. The number of carbonyl (C=O) groups excluding carboxylic acids is 1. The number of hydrogen-bond donors (Lipinski definition) is 1. The van der Waals surface area contributed by atoms with Crippen molar-refractivity contribution in [3.05, 3.63) is 29.2 Å². The summed E-state index contributed by atoms with van der Waals surface area (Å²) in [4.78, 5) is 11.4. The third kappa shape index (κ3) is 2.46. The summed E-state index contributed by atoms with van der Waals surface area (Å²) in [6.45, 7) is 1.85. The topological polar surface area (TPSA) is 47.6 Å². The number of carbonyl (C=O) groups is 1. The fourth-order valence-electron chi connectivity index (χ4n) is 1.71. The Morgan fingerprint density at radius 2 is 2.06 bits per heavy atom. The molecule has 18 heavy (non-hydrogen) atoms. The minimum absolute atomic E-state index is 0.117. The van der Waals surface area contributed by atoms with Gasteiger partial charge in [0.25, 0.3) is 0 Å². The highest BCUT2D eigenvalue weighted by Gasteiger charge is 2.21. The largest absolute Gasteiger partial charge is 0.497 e. The van der Waals surface area contributed by atoms with Gasteiger partial charge in [-0.1, -0.05) is 11.8 Å². The van der Waals surface area contributed by atoms with Gasteiger partial charge in [0, 0.05) is 17.0 Å². The van der Waals surface area contributed by atoms with E-state index in [0.717, 1.165) is 22.8 Å². The maximum absolute atomic E-state index is 11.4. The molecule has 1 atom stereocenters. The van der Waals surface area contributed by atoms with Gasteiger partial charge in [0.2, 0.25) is 5.12 Å². The summed E-state index contributed by atoms with van der Waals surface area (Å²) in [6, 6.07) is 5.41. The molecule has 0 radical (unpaired) electrons. The molecule has 0 aliphatic carbocycles. The van der Waals surface area contributed by atoms with Crippen molar-refractivity contribution in [2.24, 2.45) is 0 Å². The van der Waals surface area contributed by atoms with E-state index in [1.807, 2.05) is 30.5 Å². The molecule has 0 fully saturated rings. The summed E-state index contributed by atoms with van der Waals surface area (Å²) in [7, 11) is 3.23. The zero-order chi connectivity index (χ0) is 13.1. The molecule has 0 amide bonds. The zero-order valence-corrected chi connectivity index (χ0v) is 11.3. The smallest absolute Gasteiger partial charge is 0.215 e. The standard InChI is InChI=1S/C13H15NO3S/c1-8-13(15)18-7-11(14-8)10-5-4-9(16-2)6-12(10)17-3/h4-8,14H,1-3H3. The molecule has 0 saturated carbocycles. The summed E-state index contributed by atoms with van der Waals surface area (Å²) in [5.41, 5.74) is 1.82. The van der Waals surface area contributed by atoms with Crippen LogP contribution in [0.15, 0.2) is 23.6 Å². The fourth-order valence-corrected chi connectivity index (χ4v) is 2.40. The van der Waals surface area contributed by atoms with E-state index >= 15 is 0 Å². The predicted octanol–water partition coefficient (Wildman–Crippen LogP) is 2.25. The molecule has 0 bridgehead atoms. The lowest BCUT2D eigenvalue weighted by Crippen LogP contribution is -2.33. The molecule has 1 N–H and O–H groups in total. The third-order valence-corrected chi connectivity index (χ3v) is 3.66. The van der Waals surface area contributed by atoms with E-state index in [2.05, 4.69) is 5.32 Å². The Bertz CT molecular complexity index is 499. The van der Waals surface area contributed by atoms with Gasteiger partial charge in [-0.3, -0.25) is 4.79 Å². The molecular weight excluding hydrogens is 250 g/mol. The van der Waals surface area contributed by atoms with Crippen molar-refractivity contribution < 1.29 is 14.3 Å². The molecular formula is C13H15NO3S. The molecule has 2 rings (SSSR count). The van der Waals surface area contributed by atoms with E-state index in [-0.39, 0.29) is 11.2 Å². The molecule has 0 aromatic heterocycles. The van der Waals surface area contributed by atoms with Crippen molar-refractivity contribution >= 4 is 22.6 Å². The maximum atomic E-state index is 11.4. The van der Waals surface area contributed by atoms with Crippen molar-refractivity contribution in [2.45, 2.75) is 13.0 Å². The molecule has 96 valence electrons. The SMILES string of the molecule is COc1ccc(C2=CSC(=O)C(C)N2)c(OC)c1. The van der Waals surface area contributed by atoms with Crippen molar-refractivity contribution in [3.63, 3.8) is 0 Å². The fraction of sp³-hybridized carbons (Fsp3) is 0.308. The van der Waals surface area contributed by atoms with E-state index < -0.39 is 0 Å². The molecule has 0 spiro atoms. The Balaban J connectivity index is 2.36. The first-order valence-electron chi connectivity index (χ1n) is 5.55. The lowest BCUT2D eigenvalue weighted by atomic mass is 10.1. The summed E-state index contributed by atoms with van der Waals surface area (Å²) >= 11 is 1.21. The van der Waals surface area contributed by atoms with Gasteiger partial charge in [-0.05, 0) is 19.1 Å². The summed E-state index contributed by atoms with van der Waals surface area (Å²) < 4.78 is 10.5. The van der Waals surface area contributed by atoms with Gasteiger partial charge in [0.15, 0.2) is 0 Å². The van der Waals surface area contributed by atoms with Crippen LogP contribution >= 0.6 is 11.8 Å². The summed E-state index contributed by atoms with van der Waals surface area (Å²) in [5.74, 6) is 1.46. The monoisotopic (exact) mass is 265 g/mol. The highest BCUT2D eigenvalue weighted by Crippen LogP contribution is 2.32. The van der Waals surface area contributed by atoms with Crippen LogP contribution in [0.3, 0.4) is 0 Å². The lowest BCUT2D eigenvalue weighted by Gasteiger charge is -2.22.